The summed E-state index contributed by atoms with van der Waals surface area (Å²) < 4.78 is 67.9. The van der Waals surface area contributed by atoms with Crippen molar-refractivity contribution in [2.24, 2.45) is 0 Å². The molecule has 0 radical (unpaired) electrons. The molecule has 13 heteroatoms. The van der Waals surface area contributed by atoms with Crippen molar-refractivity contribution in [1.29, 1.82) is 0 Å². The van der Waals surface area contributed by atoms with Crippen molar-refractivity contribution < 1.29 is 56.5 Å². The minimum Gasteiger partial charge on any atom is -0.405 e. The minimum absolute atomic E-state index is 0.0560. The molecule has 2 rings (SSSR count). The van der Waals surface area contributed by atoms with E-state index < -0.39 is 8.32 Å². The molecule has 0 heterocycles. The maximum Gasteiger partial charge on any atom is 0.261 e. The van der Waals surface area contributed by atoms with Crippen LogP contribution in [-0.2, 0) is 56.5 Å². The maximum atomic E-state index is 6.85. The van der Waals surface area contributed by atoms with E-state index in [4.69, 9.17) is 56.5 Å². The first-order chi connectivity index (χ1) is 27.0. The van der Waals surface area contributed by atoms with Crippen LogP contribution in [0, 0.1) is 0 Å². The summed E-state index contributed by atoms with van der Waals surface area (Å²) in [6.45, 7) is 21.4. The zero-order chi connectivity index (χ0) is 39.4. The second kappa shape index (κ2) is 34.2. The number of ether oxygens (including phenoxy) is 11. The number of rotatable bonds is 39. The summed E-state index contributed by atoms with van der Waals surface area (Å²) in [5.74, 6) is 0. The van der Waals surface area contributed by atoms with E-state index in [0.29, 0.717) is 145 Å². The van der Waals surface area contributed by atoms with Gasteiger partial charge in [0, 0.05) is 6.61 Å². The Labute approximate surface area is 332 Å². The van der Waals surface area contributed by atoms with E-state index >= 15 is 0 Å². The van der Waals surface area contributed by atoms with Gasteiger partial charge in [-0.25, -0.2) is 0 Å². The van der Waals surface area contributed by atoms with E-state index in [2.05, 4.69) is 88.4 Å². The quantitative estimate of drug-likeness (QED) is 0.0700. The van der Waals surface area contributed by atoms with Crippen molar-refractivity contribution in [3.8, 4) is 0 Å². The molecule has 55 heavy (non-hydrogen) atoms. The van der Waals surface area contributed by atoms with Gasteiger partial charge >= 0.3 is 0 Å². The minimum atomic E-state index is -2.54. The molecule has 0 aliphatic carbocycles. The molecule has 0 amide bonds. The molecule has 0 atom stereocenters. The topological polar surface area (TPSA) is 111 Å². The van der Waals surface area contributed by atoms with Crippen LogP contribution in [0.15, 0.2) is 60.7 Å². The van der Waals surface area contributed by atoms with Gasteiger partial charge in [-0.15, -0.1) is 0 Å². The Kier molecular flexibility index (Phi) is 30.7. The highest BCUT2D eigenvalue weighted by Crippen LogP contribution is 2.36. The van der Waals surface area contributed by atoms with Crippen LogP contribution >= 0.6 is 0 Å². The standard InChI is InChI=1S/C42H72O12Si/c1-5-6-17-43-18-19-44-20-21-45-22-23-46-24-25-47-26-27-48-28-29-49-30-31-50-32-33-51-34-35-52-36-37-53-38-39-54-55(42(2,3)4,40-13-9-7-10-14-40)41-15-11-8-12-16-41/h7-16H,5-6,17-39H2,1-4H3. The summed E-state index contributed by atoms with van der Waals surface area (Å²) in [6.07, 6.45) is 2.24. The lowest BCUT2D eigenvalue weighted by Gasteiger charge is -2.43. The van der Waals surface area contributed by atoms with Gasteiger partial charge in [-0.1, -0.05) is 94.8 Å². The zero-order valence-electron chi connectivity index (χ0n) is 34.4. The predicted octanol–water partition coefficient (Wildman–Crippen LogP) is 4.55. The smallest absolute Gasteiger partial charge is 0.261 e. The summed E-state index contributed by atoms with van der Waals surface area (Å²) >= 11 is 0. The predicted molar refractivity (Wildman–Crippen MR) is 217 cm³/mol. The molecular weight excluding hydrogens is 725 g/mol. The number of hydrogen-bond acceptors (Lipinski definition) is 12. The van der Waals surface area contributed by atoms with Crippen molar-refractivity contribution in [3.05, 3.63) is 60.7 Å². The Bertz CT molecular complexity index is 1050. The first-order valence-corrected chi connectivity index (χ1v) is 22.0. The van der Waals surface area contributed by atoms with Crippen LogP contribution in [0.1, 0.15) is 40.5 Å². The van der Waals surface area contributed by atoms with Gasteiger partial charge in [0.15, 0.2) is 0 Å². The molecule has 2 aromatic rings. The highest BCUT2D eigenvalue weighted by molar-refractivity contribution is 6.99. The molecule has 0 aromatic heterocycles. The van der Waals surface area contributed by atoms with Crippen LogP contribution in [0.2, 0.25) is 5.04 Å². The SMILES string of the molecule is CCCCOCCOCCOCCOCCOCCOCCOCCOCCOCCOCCOCCO[Si](c1ccccc1)(c1ccccc1)C(C)(C)C. The molecule has 0 saturated carbocycles. The van der Waals surface area contributed by atoms with Crippen LogP contribution in [0.3, 0.4) is 0 Å². The number of benzene rings is 2. The van der Waals surface area contributed by atoms with E-state index in [1.54, 1.807) is 0 Å². The summed E-state index contributed by atoms with van der Waals surface area (Å²) in [5.41, 5.74) is 0. The molecule has 316 valence electrons. The third-order valence-corrected chi connectivity index (χ3v) is 13.4. The van der Waals surface area contributed by atoms with Gasteiger partial charge in [-0.3, -0.25) is 0 Å². The molecule has 0 aliphatic rings. The summed E-state index contributed by atoms with van der Waals surface area (Å²) in [5, 5.41) is 2.48. The van der Waals surface area contributed by atoms with Crippen LogP contribution in [-0.4, -0.2) is 160 Å². The van der Waals surface area contributed by atoms with E-state index in [1.807, 2.05) is 0 Å². The van der Waals surface area contributed by atoms with Crippen LogP contribution < -0.4 is 10.4 Å². The van der Waals surface area contributed by atoms with E-state index in [1.165, 1.54) is 10.4 Å². The van der Waals surface area contributed by atoms with Gasteiger partial charge in [0.1, 0.15) is 0 Å². The van der Waals surface area contributed by atoms with Gasteiger partial charge in [0.25, 0.3) is 8.32 Å². The molecule has 0 saturated heterocycles. The lowest BCUT2D eigenvalue weighted by Crippen LogP contribution is -2.66. The van der Waals surface area contributed by atoms with Crippen molar-refractivity contribution in [1.82, 2.24) is 0 Å². The third kappa shape index (κ3) is 23.9. The van der Waals surface area contributed by atoms with Crippen LogP contribution in [0.25, 0.3) is 0 Å². The van der Waals surface area contributed by atoms with E-state index in [9.17, 15) is 0 Å². The molecular formula is C42H72O12Si. The molecule has 0 N–H and O–H groups in total. The first-order valence-electron chi connectivity index (χ1n) is 20.1. The molecule has 0 aliphatic heterocycles. The average Bonchev–Trinajstić information content (AvgIpc) is 3.19. The van der Waals surface area contributed by atoms with E-state index in [0.717, 1.165) is 19.4 Å². The Morgan fingerprint density at radius 2 is 0.582 bits per heavy atom. The lowest BCUT2D eigenvalue weighted by atomic mass is 10.2. The van der Waals surface area contributed by atoms with Crippen molar-refractivity contribution >= 4 is 18.7 Å². The summed E-state index contributed by atoms with van der Waals surface area (Å²) in [7, 11) is -2.54. The fraction of sp³-hybridized carbons (Fsp3) is 0.714. The summed E-state index contributed by atoms with van der Waals surface area (Å²) in [6, 6.07) is 21.3. The second-order valence-electron chi connectivity index (χ2n) is 13.6. The normalized spacial score (nSPS) is 12.1. The van der Waals surface area contributed by atoms with Crippen LogP contribution in [0.5, 0.6) is 0 Å². The van der Waals surface area contributed by atoms with Crippen molar-refractivity contribution in [2.45, 2.75) is 45.6 Å². The fourth-order valence-electron chi connectivity index (χ4n) is 5.56. The van der Waals surface area contributed by atoms with Gasteiger partial charge in [0.2, 0.25) is 0 Å². The average molecular weight is 797 g/mol. The zero-order valence-corrected chi connectivity index (χ0v) is 35.4. The molecule has 0 fully saturated rings. The Hall–Kier alpha value is -1.82. The Balaban J connectivity index is 1.29. The Morgan fingerprint density at radius 1 is 0.345 bits per heavy atom. The van der Waals surface area contributed by atoms with Crippen molar-refractivity contribution in [3.63, 3.8) is 0 Å². The van der Waals surface area contributed by atoms with Gasteiger partial charge in [-0.2, -0.15) is 0 Å². The number of hydrogen-bond donors (Lipinski definition) is 0. The van der Waals surface area contributed by atoms with Gasteiger partial charge in [0.05, 0.1) is 145 Å². The van der Waals surface area contributed by atoms with Gasteiger partial charge < -0.3 is 56.5 Å². The Morgan fingerprint density at radius 3 is 0.818 bits per heavy atom. The first kappa shape index (κ1) is 49.3. The summed E-state index contributed by atoms with van der Waals surface area (Å²) in [4.78, 5) is 0. The molecule has 12 nitrogen and oxygen atoms in total. The van der Waals surface area contributed by atoms with Gasteiger partial charge in [-0.05, 0) is 21.8 Å². The fourth-order valence-corrected chi connectivity index (χ4v) is 10.1. The highest BCUT2D eigenvalue weighted by atomic mass is 28.4. The third-order valence-electron chi connectivity index (χ3n) is 8.33. The lowest BCUT2D eigenvalue weighted by molar-refractivity contribution is -0.0277. The maximum absolute atomic E-state index is 6.85. The molecule has 0 spiro atoms. The van der Waals surface area contributed by atoms with E-state index in [-0.39, 0.29) is 5.04 Å². The largest absolute Gasteiger partial charge is 0.405 e. The number of unbranched alkanes of at least 4 members (excludes halogenated alkanes) is 1. The highest BCUT2D eigenvalue weighted by Gasteiger charge is 2.50. The second-order valence-corrected chi connectivity index (χ2v) is 17.9. The van der Waals surface area contributed by atoms with Crippen molar-refractivity contribution in [2.75, 3.05) is 152 Å². The molecule has 2 aromatic carbocycles. The molecule has 0 unspecified atom stereocenters. The van der Waals surface area contributed by atoms with Crippen LogP contribution in [0.4, 0.5) is 0 Å². The molecule has 0 bridgehead atoms. The monoisotopic (exact) mass is 796 g/mol.